The Morgan fingerprint density at radius 2 is 1.61 bits per heavy atom. The van der Waals surface area contributed by atoms with Crippen LogP contribution in [0.4, 0.5) is 4.79 Å². The number of hydrogen-bond donors (Lipinski definition) is 4. The number of phenolic OH excluding ortho intramolecular Hbond substituents is 2. The Morgan fingerprint density at radius 1 is 0.951 bits per heavy atom. The average molecular weight is 570 g/mol. The molecule has 0 heterocycles. The molecule has 41 heavy (non-hydrogen) atoms. The fraction of sp³-hybridized carbons (Fsp3) is 0.531. The molecule has 0 bridgehead atoms. The smallest absolute Gasteiger partial charge is 0.408 e. The maximum absolute atomic E-state index is 14.4. The molecule has 0 saturated heterocycles. The second kappa shape index (κ2) is 15.3. The average Bonchev–Trinajstić information content (AvgIpc) is 2.86. The minimum absolute atomic E-state index is 0.0856. The minimum atomic E-state index is -1.05. The van der Waals surface area contributed by atoms with E-state index in [1.165, 1.54) is 23.1 Å². The minimum Gasteiger partial charge on any atom is -0.508 e. The quantitative estimate of drug-likeness (QED) is 0.235. The molecule has 2 rings (SSSR count). The Kier molecular flexibility index (Phi) is 12.5. The van der Waals surface area contributed by atoms with Gasteiger partial charge in [-0.15, -0.1) is 0 Å². The maximum atomic E-state index is 14.4. The number of alkyl carbamates (subject to hydrolysis) is 1. The topological polar surface area (TPSA) is 128 Å². The molecule has 3 amide bonds. The normalized spacial score (nSPS) is 12.9. The molecule has 2 aromatic carbocycles. The first-order chi connectivity index (χ1) is 19.2. The van der Waals surface area contributed by atoms with Gasteiger partial charge < -0.3 is 30.5 Å². The van der Waals surface area contributed by atoms with Crippen molar-refractivity contribution in [1.29, 1.82) is 0 Å². The van der Waals surface area contributed by atoms with E-state index in [9.17, 15) is 24.6 Å². The number of nitrogens with one attached hydrogen (secondary N) is 2. The molecule has 0 aliphatic rings. The molecular formula is C32H47N3O6. The van der Waals surface area contributed by atoms with Crippen LogP contribution in [0.25, 0.3) is 0 Å². The molecule has 0 spiro atoms. The van der Waals surface area contributed by atoms with Crippen molar-refractivity contribution in [2.75, 3.05) is 6.54 Å². The van der Waals surface area contributed by atoms with Gasteiger partial charge in [0, 0.05) is 19.0 Å². The van der Waals surface area contributed by atoms with Crippen molar-refractivity contribution in [1.82, 2.24) is 15.5 Å². The predicted octanol–water partition coefficient (Wildman–Crippen LogP) is 5.52. The van der Waals surface area contributed by atoms with Gasteiger partial charge in [0.05, 0.1) is 0 Å². The molecule has 4 N–H and O–H groups in total. The van der Waals surface area contributed by atoms with Crippen LogP contribution in [0, 0.1) is 6.92 Å². The second-order valence-corrected chi connectivity index (χ2v) is 11.8. The fourth-order valence-corrected chi connectivity index (χ4v) is 4.48. The van der Waals surface area contributed by atoms with E-state index in [1.807, 2.05) is 13.8 Å². The standard InChI is InChI=1S/C32H47N3O6/c1-8-9-10-11-18-35(28(29(38)33-21(2)3)24-14-17-27(37)22(4)19-24)30(39)26(34-31(40)41-32(5,6)7)20-23-12-15-25(36)16-13-23/h12-17,19,21,26,28,36-37H,8-11,18,20H2,1-7H3,(H,33,38)(H,34,40). The molecule has 2 atom stereocenters. The van der Waals surface area contributed by atoms with E-state index in [-0.39, 0.29) is 36.4 Å². The van der Waals surface area contributed by atoms with E-state index in [2.05, 4.69) is 17.6 Å². The zero-order valence-electron chi connectivity index (χ0n) is 25.5. The summed E-state index contributed by atoms with van der Waals surface area (Å²) in [5, 5.41) is 25.6. The van der Waals surface area contributed by atoms with E-state index in [4.69, 9.17) is 4.74 Å². The lowest BCUT2D eigenvalue weighted by Crippen LogP contribution is -2.54. The van der Waals surface area contributed by atoms with Crippen LogP contribution in [0.2, 0.25) is 0 Å². The number of carbonyl (C=O) groups excluding carboxylic acids is 3. The van der Waals surface area contributed by atoms with Crippen molar-refractivity contribution in [3.05, 3.63) is 59.2 Å². The lowest BCUT2D eigenvalue weighted by Gasteiger charge is -2.35. The molecular weight excluding hydrogens is 522 g/mol. The Hall–Kier alpha value is -3.75. The van der Waals surface area contributed by atoms with Gasteiger partial charge >= 0.3 is 6.09 Å². The first kappa shape index (κ1) is 33.5. The first-order valence-corrected chi connectivity index (χ1v) is 14.4. The van der Waals surface area contributed by atoms with Crippen LogP contribution < -0.4 is 10.6 Å². The molecule has 2 aromatic rings. The third-order valence-electron chi connectivity index (χ3n) is 6.43. The van der Waals surface area contributed by atoms with Crippen LogP contribution in [0.15, 0.2) is 42.5 Å². The van der Waals surface area contributed by atoms with Gasteiger partial charge in [-0.3, -0.25) is 9.59 Å². The summed E-state index contributed by atoms with van der Waals surface area (Å²) in [7, 11) is 0. The highest BCUT2D eigenvalue weighted by Gasteiger charge is 2.36. The maximum Gasteiger partial charge on any atom is 0.408 e. The summed E-state index contributed by atoms with van der Waals surface area (Å²) in [4.78, 5) is 42.5. The first-order valence-electron chi connectivity index (χ1n) is 14.4. The van der Waals surface area contributed by atoms with Crippen molar-refractivity contribution in [2.45, 2.75) is 104 Å². The van der Waals surface area contributed by atoms with Crippen LogP contribution in [0.1, 0.15) is 90.0 Å². The van der Waals surface area contributed by atoms with Gasteiger partial charge in [-0.2, -0.15) is 0 Å². The summed E-state index contributed by atoms with van der Waals surface area (Å²) >= 11 is 0. The van der Waals surface area contributed by atoms with Gasteiger partial charge in [-0.1, -0.05) is 44.4 Å². The molecule has 9 heteroatoms. The van der Waals surface area contributed by atoms with Gasteiger partial charge in [-0.25, -0.2) is 4.79 Å². The Morgan fingerprint density at radius 3 is 2.17 bits per heavy atom. The summed E-state index contributed by atoms with van der Waals surface area (Å²) in [6.45, 7) is 13.0. The predicted molar refractivity (Wildman–Crippen MR) is 160 cm³/mol. The number of carbonyl (C=O) groups is 3. The van der Waals surface area contributed by atoms with Crippen LogP contribution in [0.5, 0.6) is 11.5 Å². The second-order valence-electron chi connectivity index (χ2n) is 11.8. The van der Waals surface area contributed by atoms with Crippen molar-refractivity contribution in [3.63, 3.8) is 0 Å². The highest BCUT2D eigenvalue weighted by Crippen LogP contribution is 2.28. The molecule has 0 aliphatic heterocycles. The number of aromatic hydroxyl groups is 2. The van der Waals surface area contributed by atoms with E-state index < -0.39 is 29.7 Å². The fourth-order valence-electron chi connectivity index (χ4n) is 4.48. The molecule has 0 radical (unpaired) electrons. The van der Waals surface area contributed by atoms with Gasteiger partial charge in [0.25, 0.3) is 0 Å². The number of phenols is 2. The zero-order chi connectivity index (χ0) is 30.7. The highest BCUT2D eigenvalue weighted by molar-refractivity contribution is 5.92. The summed E-state index contributed by atoms with van der Waals surface area (Å²) in [6.07, 6.45) is 2.90. The number of amides is 3. The summed E-state index contributed by atoms with van der Waals surface area (Å²) in [5.74, 6) is -0.610. The van der Waals surface area contributed by atoms with Crippen molar-refractivity contribution in [3.8, 4) is 11.5 Å². The molecule has 0 aliphatic carbocycles. The number of hydrogen-bond acceptors (Lipinski definition) is 6. The van der Waals surface area contributed by atoms with Crippen molar-refractivity contribution >= 4 is 17.9 Å². The number of unbranched alkanes of at least 4 members (excludes halogenated alkanes) is 3. The molecule has 0 saturated carbocycles. The summed E-state index contributed by atoms with van der Waals surface area (Å²) in [5.41, 5.74) is 1.07. The monoisotopic (exact) mass is 569 g/mol. The lowest BCUT2D eigenvalue weighted by atomic mass is 9.98. The van der Waals surface area contributed by atoms with Crippen molar-refractivity contribution in [2.24, 2.45) is 0 Å². The van der Waals surface area contributed by atoms with Gasteiger partial charge in [0.2, 0.25) is 11.8 Å². The Labute approximate surface area is 244 Å². The largest absolute Gasteiger partial charge is 0.508 e. The Balaban J connectivity index is 2.59. The van der Waals surface area contributed by atoms with Crippen LogP contribution in [0.3, 0.4) is 0 Å². The highest BCUT2D eigenvalue weighted by atomic mass is 16.6. The summed E-state index contributed by atoms with van der Waals surface area (Å²) in [6, 6.07) is 9.07. The molecule has 226 valence electrons. The Bertz CT molecular complexity index is 1160. The molecule has 0 aromatic heterocycles. The summed E-state index contributed by atoms with van der Waals surface area (Å²) < 4.78 is 5.47. The number of benzene rings is 2. The number of rotatable bonds is 13. The van der Waals surface area contributed by atoms with Crippen LogP contribution in [-0.4, -0.2) is 57.3 Å². The van der Waals surface area contributed by atoms with Gasteiger partial charge in [0.1, 0.15) is 29.2 Å². The van der Waals surface area contributed by atoms with E-state index in [0.717, 1.165) is 19.3 Å². The van der Waals surface area contributed by atoms with E-state index in [0.29, 0.717) is 23.1 Å². The number of aryl methyl sites for hydroxylation is 1. The number of nitrogens with zero attached hydrogens (tertiary/aromatic N) is 1. The third kappa shape index (κ3) is 11.0. The van der Waals surface area contributed by atoms with Crippen molar-refractivity contribution < 1.29 is 29.3 Å². The van der Waals surface area contributed by atoms with E-state index in [1.54, 1.807) is 52.0 Å². The van der Waals surface area contributed by atoms with Crippen LogP contribution in [-0.2, 0) is 20.7 Å². The molecule has 2 unspecified atom stereocenters. The SMILES string of the molecule is CCCCCCN(C(=O)C(Cc1ccc(O)cc1)NC(=O)OC(C)(C)C)C(C(=O)NC(C)C)c1ccc(O)c(C)c1. The lowest BCUT2D eigenvalue weighted by molar-refractivity contribution is -0.142. The molecule has 9 nitrogen and oxygen atoms in total. The van der Waals surface area contributed by atoms with E-state index >= 15 is 0 Å². The zero-order valence-corrected chi connectivity index (χ0v) is 25.5. The molecule has 0 fully saturated rings. The van der Waals surface area contributed by atoms with Gasteiger partial charge in [0.15, 0.2) is 0 Å². The van der Waals surface area contributed by atoms with Crippen LogP contribution >= 0.6 is 0 Å². The number of ether oxygens (including phenoxy) is 1. The third-order valence-corrected chi connectivity index (χ3v) is 6.43. The van der Waals surface area contributed by atoms with Gasteiger partial charge in [-0.05, 0) is 88.9 Å².